The lowest BCUT2D eigenvalue weighted by Gasteiger charge is -1.98. The second kappa shape index (κ2) is 6.67. The van der Waals surface area contributed by atoms with Gasteiger partial charge in [0.1, 0.15) is 5.01 Å². The number of aromatic nitrogens is 1. The lowest BCUT2D eigenvalue weighted by Crippen LogP contribution is -1.79. The van der Waals surface area contributed by atoms with Crippen LogP contribution in [-0.4, -0.2) is 11.2 Å². The molecule has 4 rings (SSSR count). The van der Waals surface area contributed by atoms with Crippen molar-refractivity contribution in [3.63, 3.8) is 0 Å². The summed E-state index contributed by atoms with van der Waals surface area (Å²) in [6, 6.07) is 24.5. The molecule has 0 fully saturated rings. The van der Waals surface area contributed by atoms with E-state index >= 15 is 0 Å². The quantitative estimate of drug-likeness (QED) is 0.366. The molecule has 116 valence electrons. The van der Waals surface area contributed by atoms with E-state index in [4.69, 9.17) is 4.98 Å². The van der Waals surface area contributed by atoms with Gasteiger partial charge < -0.3 is 0 Å². The molecule has 2 nitrogen and oxygen atoms in total. The first kappa shape index (κ1) is 15.2. The normalized spacial score (nSPS) is 11.4. The monoisotopic (exact) mass is 392 g/mol. The number of rotatable bonds is 3. The Bertz CT molecular complexity index is 969. The van der Waals surface area contributed by atoms with Gasteiger partial charge in [0.05, 0.1) is 15.9 Å². The van der Waals surface area contributed by atoms with Crippen molar-refractivity contribution in [3.05, 3.63) is 82.8 Å². The Morgan fingerprint density at radius 1 is 0.875 bits per heavy atom. The third-order valence-electron chi connectivity index (χ3n) is 3.64. The minimum Gasteiger partial charge on any atom is -0.256 e. The van der Waals surface area contributed by atoms with Crippen molar-refractivity contribution in [2.75, 3.05) is 0 Å². The highest BCUT2D eigenvalue weighted by molar-refractivity contribution is 9.10. The molecule has 0 amide bonds. The Balaban J connectivity index is 1.57. The average molecular weight is 393 g/mol. The molecular formula is C20H13BrN2S. The van der Waals surface area contributed by atoms with Crippen LogP contribution in [0.5, 0.6) is 0 Å². The van der Waals surface area contributed by atoms with Gasteiger partial charge in [-0.1, -0.05) is 40.2 Å². The lowest BCUT2D eigenvalue weighted by molar-refractivity contribution is 1.46. The van der Waals surface area contributed by atoms with Gasteiger partial charge in [-0.15, -0.1) is 11.3 Å². The molecule has 0 atom stereocenters. The summed E-state index contributed by atoms with van der Waals surface area (Å²) in [5, 5.41) is 1.04. The zero-order valence-electron chi connectivity index (χ0n) is 12.7. The Labute approximate surface area is 152 Å². The maximum atomic E-state index is 4.69. The zero-order chi connectivity index (χ0) is 16.4. The highest BCUT2D eigenvalue weighted by Gasteiger charge is 2.05. The van der Waals surface area contributed by atoms with E-state index in [0.29, 0.717) is 0 Å². The summed E-state index contributed by atoms with van der Waals surface area (Å²) in [7, 11) is 0. The van der Waals surface area contributed by atoms with Crippen molar-refractivity contribution in [2.45, 2.75) is 0 Å². The van der Waals surface area contributed by atoms with Crippen LogP contribution in [0.25, 0.3) is 20.8 Å². The Morgan fingerprint density at radius 3 is 2.38 bits per heavy atom. The van der Waals surface area contributed by atoms with E-state index in [2.05, 4.69) is 39.1 Å². The van der Waals surface area contributed by atoms with Crippen molar-refractivity contribution < 1.29 is 0 Å². The molecule has 0 spiro atoms. The van der Waals surface area contributed by atoms with E-state index in [1.165, 1.54) is 4.70 Å². The second-order valence-corrected chi connectivity index (χ2v) is 7.29. The molecule has 24 heavy (non-hydrogen) atoms. The fraction of sp³-hybridized carbons (Fsp3) is 0. The van der Waals surface area contributed by atoms with Gasteiger partial charge in [0.2, 0.25) is 0 Å². The molecule has 0 saturated heterocycles. The molecule has 0 radical (unpaired) electrons. The number of aliphatic imine (C=N–C) groups is 1. The van der Waals surface area contributed by atoms with Crippen LogP contribution in [0.4, 0.5) is 5.69 Å². The topological polar surface area (TPSA) is 25.2 Å². The van der Waals surface area contributed by atoms with Gasteiger partial charge in [0.15, 0.2) is 0 Å². The molecule has 0 N–H and O–H groups in total. The van der Waals surface area contributed by atoms with Crippen LogP contribution in [0.3, 0.4) is 0 Å². The summed E-state index contributed by atoms with van der Waals surface area (Å²) < 4.78 is 2.28. The van der Waals surface area contributed by atoms with Gasteiger partial charge in [0.25, 0.3) is 0 Å². The molecule has 1 heterocycles. The molecule has 3 aromatic carbocycles. The van der Waals surface area contributed by atoms with Gasteiger partial charge >= 0.3 is 0 Å². The summed E-state index contributed by atoms with van der Waals surface area (Å²) in [6.07, 6.45) is 1.87. The fourth-order valence-corrected chi connectivity index (χ4v) is 3.62. The minimum absolute atomic E-state index is 0.933. The van der Waals surface area contributed by atoms with Crippen LogP contribution in [-0.2, 0) is 0 Å². The van der Waals surface area contributed by atoms with E-state index in [1.54, 1.807) is 11.3 Å². The third-order valence-corrected chi connectivity index (χ3v) is 5.25. The van der Waals surface area contributed by atoms with Crippen molar-refractivity contribution in [3.8, 4) is 10.6 Å². The molecule has 0 saturated carbocycles. The minimum atomic E-state index is 0.933. The first-order valence-electron chi connectivity index (χ1n) is 7.54. The van der Waals surface area contributed by atoms with Crippen LogP contribution in [0.2, 0.25) is 0 Å². The maximum absolute atomic E-state index is 4.69. The number of fused-ring (bicyclic) bond motifs is 1. The van der Waals surface area contributed by atoms with Crippen LogP contribution in [0.15, 0.2) is 82.3 Å². The largest absolute Gasteiger partial charge is 0.256 e. The predicted molar refractivity (Wildman–Crippen MR) is 106 cm³/mol. The van der Waals surface area contributed by atoms with Crippen molar-refractivity contribution in [2.24, 2.45) is 4.99 Å². The fourth-order valence-electron chi connectivity index (χ4n) is 2.38. The first-order valence-corrected chi connectivity index (χ1v) is 9.14. The number of nitrogens with zero attached hydrogens (tertiary/aromatic N) is 2. The molecule has 4 aromatic rings. The molecule has 1 aromatic heterocycles. The molecule has 0 bridgehead atoms. The SMILES string of the molecule is Brc1ccc(C=Nc2ccc(-c3nc4ccccc4s3)cc2)cc1. The molecular weight excluding hydrogens is 380 g/mol. The van der Waals surface area contributed by atoms with Gasteiger partial charge in [0, 0.05) is 16.3 Å². The summed E-state index contributed by atoms with van der Waals surface area (Å²) in [6.45, 7) is 0. The summed E-state index contributed by atoms with van der Waals surface area (Å²) >= 11 is 5.15. The Kier molecular flexibility index (Phi) is 4.24. The van der Waals surface area contributed by atoms with Crippen LogP contribution in [0, 0.1) is 0 Å². The summed E-state index contributed by atoms with van der Waals surface area (Å²) in [5.41, 5.74) is 4.19. The number of hydrogen-bond donors (Lipinski definition) is 0. The Hall–Kier alpha value is -2.30. The van der Waals surface area contributed by atoms with E-state index < -0.39 is 0 Å². The van der Waals surface area contributed by atoms with Crippen molar-refractivity contribution in [1.29, 1.82) is 0 Å². The lowest BCUT2D eigenvalue weighted by atomic mass is 10.2. The number of thiazole rings is 1. The maximum Gasteiger partial charge on any atom is 0.124 e. The highest BCUT2D eigenvalue weighted by atomic mass is 79.9. The van der Waals surface area contributed by atoms with E-state index in [-0.39, 0.29) is 0 Å². The van der Waals surface area contributed by atoms with Crippen molar-refractivity contribution in [1.82, 2.24) is 4.98 Å². The van der Waals surface area contributed by atoms with Gasteiger partial charge in [-0.05, 0) is 54.1 Å². The third kappa shape index (κ3) is 3.30. The standard InChI is InChI=1S/C20H13BrN2S/c21-16-9-5-14(6-10-16)13-22-17-11-7-15(8-12-17)20-23-18-3-1-2-4-19(18)24-20/h1-13H. The van der Waals surface area contributed by atoms with Crippen molar-refractivity contribution >= 4 is 49.4 Å². The zero-order valence-corrected chi connectivity index (χ0v) is 15.1. The van der Waals surface area contributed by atoms with E-state index in [9.17, 15) is 0 Å². The average Bonchev–Trinajstić information content (AvgIpc) is 3.06. The van der Waals surface area contributed by atoms with Crippen LogP contribution in [0.1, 0.15) is 5.56 Å². The smallest absolute Gasteiger partial charge is 0.124 e. The van der Waals surface area contributed by atoms with Crippen LogP contribution < -0.4 is 0 Å². The summed E-state index contributed by atoms with van der Waals surface area (Å²) in [4.78, 5) is 9.22. The molecule has 0 unspecified atom stereocenters. The number of benzene rings is 3. The first-order chi connectivity index (χ1) is 11.8. The Morgan fingerprint density at radius 2 is 1.62 bits per heavy atom. The predicted octanol–water partition coefficient (Wildman–Crippen LogP) is 6.48. The summed E-state index contributed by atoms with van der Waals surface area (Å²) in [5.74, 6) is 0. The van der Waals surface area contributed by atoms with E-state index in [1.807, 2.05) is 60.8 Å². The number of halogens is 1. The molecule has 0 aliphatic rings. The van der Waals surface area contributed by atoms with Crippen LogP contribution >= 0.6 is 27.3 Å². The second-order valence-electron chi connectivity index (χ2n) is 5.34. The molecule has 4 heteroatoms. The van der Waals surface area contributed by atoms with E-state index in [0.717, 1.165) is 31.8 Å². The van der Waals surface area contributed by atoms with Gasteiger partial charge in [-0.25, -0.2) is 4.98 Å². The number of hydrogen-bond acceptors (Lipinski definition) is 3. The number of para-hydroxylation sites is 1. The molecule has 0 aliphatic carbocycles. The van der Waals surface area contributed by atoms with Gasteiger partial charge in [-0.3, -0.25) is 4.99 Å². The molecule has 0 aliphatic heterocycles. The highest BCUT2D eigenvalue weighted by Crippen LogP contribution is 2.30. The van der Waals surface area contributed by atoms with Gasteiger partial charge in [-0.2, -0.15) is 0 Å².